The number of imide groups is 1. The number of amides is 3. The van der Waals surface area contributed by atoms with Gasteiger partial charge < -0.3 is 14.8 Å². The highest BCUT2D eigenvalue weighted by atomic mass is 32.2. The van der Waals surface area contributed by atoms with E-state index in [4.69, 9.17) is 9.47 Å². The third kappa shape index (κ3) is 5.32. The maximum atomic E-state index is 13.3. The number of rotatable bonds is 8. The average Bonchev–Trinajstić information content (AvgIpc) is 3.25. The molecule has 174 valence electrons. The van der Waals surface area contributed by atoms with Crippen LogP contribution in [0.1, 0.15) is 15.9 Å². The van der Waals surface area contributed by atoms with Gasteiger partial charge in [0.15, 0.2) is 6.61 Å². The van der Waals surface area contributed by atoms with Crippen molar-refractivity contribution in [2.24, 2.45) is 0 Å². The lowest BCUT2D eigenvalue weighted by Crippen LogP contribution is -2.41. The molecule has 1 aliphatic rings. The molecule has 11 heteroatoms. The zero-order chi connectivity index (χ0) is 24.0. The summed E-state index contributed by atoms with van der Waals surface area (Å²) in [4.78, 5) is 35.7. The van der Waals surface area contributed by atoms with Gasteiger partial charge in [0.05, 0.1) is 17.7 Å². The van der Waals surface area contributed by atoms with Gasteiger partial charge in [-0.1, -0.05) is 24.3 Å². The third-order valence-corrected chi connectivity index (χ3v) is 6.63. The molecule has 0 aliphatic carbocycles. The molecule has 0 aromatic heterocycles. The number of urea groups is 1. The number of ether oxygens (including phenoxy) is 2. The molecule has 0 saturated carbocycles. The van der Waals surface area contributed by atoms with E-state index in [1.807, 2.05) is 17.4 Å². The van der Waals surface area contributed by atoms with Crippen LogP contribution >= 0.6 is 0 Å². The first-order chi connectivity index (χ1) is 15.8. The molecule has 0 unspecified atom stereocenters. The van der Waals surface area contributed by atoms with Crippen molar-refractivity contribution in [1.82, 2.24) is 10.6 Å². The Bertz CT molecular complexity index is 1190. The van der Waals surface area contributed by atoms with E-state index in [1.54, 1.807) is 12.1 Å². The van der Waals surface area contributed by atoms with Gasteiger partial charge in [0.25, 0.3) is 15.9 Å². The molecule has 0 atom stereocenters. The fourth-order valence-corrected chi connectivity index (χ4v) is 4.80. The normalized spacial score (nSPS) is 12.5. The fraction of sp³-hybridized carbons (Fsp3) is 0.227. The number of nitrogens with one attached hydrogen (secondary N) is 2. The lowest BCUT2D eigenvalue weighted by Gasteiger charge is -2.20. The second-order valence-corrected chi connectivity index (χ2v) is 8.80. The second kappa shape index (κ2) is 10.2. The first-order valence-electron chi connectivity index (χ1n) is 9.92. The van der Waals surface area contributed by atoms with Gasteiger partial charge >= 0.3 is 12.0 Å². The van der Waals surface area contributed by atoms with E-state index in [0.717, 1.165) is 11.6 Å². The van der Waals surface area contributed by atoms with Crippen LogP contribution in [0.4, 0.5) is 10.5 Å². The number of hydrogen-bond donors (Lipinski definition) is 2. The minimum Gasteiger partial charge on any atom is -0.496 e. The van der Waals surface area contributed by atoms with Crippen LogP contribution in [0.3, 0.4) is 0 Å². The summed E-state index contributed by atoms with van der Waals surface area (Å²) >= 11 is 0. The predicted octanol–water partition coefficient (Wildman–Crippen LogP) is 1.62. The molecule has 0 fully saturated rings. The predicted molar refractivity (Wildman–Crippen MR) is 120 cm³/mol. The second-order valence-electron chi connectivity index (χ2n) is 6.94. The third-order valence-electron chi connectivity index (χ3n) is 4.82. The summed E-state index contributed by atoms with van der Waals surface area (Å²) in [6, 6.07) is 10.2. The molecule has 0 saturated heterocycles. The molecule has 2 aromatic rings. The van der Waals surface area contributed by atoms with Crippen LogP contribution in [-0.4, -0.2) is 53.1 Å². The number of anilines is 1. The summed E-state index contributed by atoms with van der Waals surface area (Å²) in [7, 11) is -2.65. The number of sulfonamides is 1. The van der Waals surface area contributed by atoms with Gasteiger partial charge in [-0.2, -0.15) is 0 Å². The number of para-hydroxylation sites is 1. The Hall–Kier alpha value is -3.86. The van der Waals surface area contributed by atoms with Crippen molar-refractivity contribution >= 4 is 33.6 Å². The monoisotopic (exact) mass is 473 g/mol. The largest absolute Gasteiger partial charge is 0.496 e. The molecule has 0 radical (unpaired) electrons. The molecule has 1 aliphatic heterocycles. The van der Waals surface area contributed by atoms with E-state index in [0.29, 0.717) is 12.1 Å². The first kappa shape index (κ1) is 23.8. The van der Waals surface area contributed by atoms with Gasteiger partial charge in [0.2, 0.25) is 0 Å². The summed E-state index contributed by atoms with van der Waals surface area (Å²) in [5, 5.41) is 4.32. The minimum absolute atomic E-state index is 0.0740. The number of nitrogens with zero attached hydrogens (tertiary/aromatic N) is 1. The fourth-order valence-electron chi connectivity index (χ4n) is 3.27. The molecular formula is C22H23N3O7S. The molecule has 2 aromatic carbocycles. The van der Waals surface area contributed by atoms with E-state index in [1.165, 1.54) is 29.6 Å². The minimum atomic E-state index is -3.96. The van der Waals surface area contributed by atoms with Crippen molar-refractivity contribution in [2.75, 3.05) is 31.1 Å². The van der Waals surface area contributed by atoms with Crippen LogP contribution in [0, 0.1) is 0 Å². The van der Waals surface area contributed by atoms with Crippen molar-refractivity contribution in [1.29, 1.82) is 0 Å². The topological polar surface area (TPSA) is 131 Å². The van der Waals surface area contributed by atoms with Crippen molar-refractivity contribution in [3.05, 3.63) is 66.2 Å². The number of fused-ring (bicyclic) bond motifs is 1. The van der Waals surface area contributed by atoms with Crippen molar-refractivity contribution in [2.45, 2.75) is 11.3 Å². The van der Waals surface area contributed by atoms with Gasteiger partial charge in [-0.25, -0.2) is 18.0 Å². The van der Waals surface area contributed by atoms with Gasteiger partial charge in [-0.3, -0.25) is 14.4 Å². The molecule has 3 amide bonds. The summed E-state index contributed by atoms with van der Waals surface area (Å²) in [5.41, 5.74) is 1.33. The van der Waals surface area contributed by atoms with Crippen LogP contribution in [0.5, 0.6) is 5.75 Å². The summed E-state index contributed by atoms with van der Waals surface area (Å²) in [6.07, 6.45) is 2.01. The SMILES string of the molecule is C=CCNC(=O)NC(=O)COC(=O)c1cc(S(=O)(=O)N2CCc3ccccc32)ccc1OC. The molecule has 1 heterocycles. The number of hydrogen-bond acceptors (Lipinski definition) is 7. The number of carbonyl (C=O) groups excluding carboxylic acids is 3. The Kier molecular flexibility index (Phi) is 7.34. The average molecular weight is 474 g/mol. The van der Waals surface area contributed by atoms with Gasteiger partial charge in [-0.05, 0) is 36.2 Å². The maximum absolute atomic E-state index is 13.3. The molecular weight excluding hydrogens is 450 g/mol. The van der Waals surface area contributed by atoms with E-state index in [9.17, 15) is 22.8 Å². The van der Waals surface area contributed by atoms with Crippen LogP contribution in [0.2, 0.25) is 0 Å². The lowest BCUT2D eigenvalue weighted by atomic mass is 10.2. The molecule has 2 N–H and O–H groups in total. The Labute approximate surface area is 191 Å². The standard InChI is InChI=1S/C22H23N3O7S/c1-3-11-23-22(28)24-20(26)14-32-21(27)17-13-16(8-9-19(17)31-2)33(29,30)25-12-10-15-6-4-5-7-18(15)25/h3-9,13H,1,10-12,14H2,2H3,(H2,23,24,26,28). The van der Waals surface area contributed by atoms with E-state index < -0.39 is 34.5 Å². The summed E-state index contributed by atoms with van der Waals surface area (Å²) in [6.45, 7) is 3.11. The van der Waals surface area contributed by atoms with Crippen LogP contribution in [-0.2, 0) is 26.0 Å². The van der Waals surface area contributed by atoms with Gasteiger partial charge in [0.1, 0.15) is 11.3 Å². The van der Waals surface area contributed by atoms with Gasteiger partial charge in [0, 0.05) is 13.1 Å². The molecule has 3 rings (SSSR count). The highest BCUT2D eigenvalue weighted by Gasteiger charge is 2.32. The van der Waals surface area contributed by atoms with Crippen molar-refractivity contribution in [3.8, 4) is 5.75 Å². The van der Waals surface area contributed by atoms with Crippen molar-refractivity contribution in [3.63, 3.8) is 0 Å². The summed E-state index contributed by atoms with van der Waals surface area (Å²) in [5.74, 6) is -1.77. The number of benzene rings is 2. The maximum Gasteiger partial charge on any atom is 0.342 e. The smallest absolute Gasteiger partial charge is 0.342 e. The highest BCUT2D eigenvalue weighted by Crippen LogP contribution is 2.34. The zero-order valence-electron chi connectivity index (χ0n) is 17.9. The molecule has 10 nitrogen and oxygen atoms in total. The number of esters is 1. The molecule has 0 bridgehead atoms. The zero-order valence-corrected chi connectivity index (χ0v) is 18.7. The lowest BCUT2D eigenvalue weighted by molar-refractivity contribution is -0.123. The molecule has 33 heavy (non-hydrogen) atoms. The van der Waals surface area contributed by atoms with Crippen LogP contribution < -0.4 is 19.7 Å². The Morgan fingerprint density at radius 1 is 1.18 bits per heavy atom. The van der Waals surface area contributed by atoms with Gasteiger partial charge in [-0.15, -0.1) is 6.58 Å². The van der Waals surface area contributed by atoms with Crippen LogP contribution in [0.25, 0.3) is 0 Å². The first-order valence-corrected chi connectivity index (χ1v) is 11.4. The van der Waals surface area contributed by atoms with E-state index in [-0.39, 0.29) is 29.3 Å². The highest BCUT2D eigenvalue weighted by molar-refractivity contribution is 7.92. The summed E-state index contributed by atoms with van der Waals surface area (Å²) < 4.78 is 37.9. The van der Waals surface area contributed by atoms with Crippen molar-refractivity contribution < 1.29 is 32.3 Å². The van der Waals surface area contributed by atoms with Crippen LogP contribution in [0.15, 0.2) is 60.0 Å². The Balaban J connectivity index is 1.77. The van der Waals surface area contributed by atoms with E-state index in [2.05, 4.69) is 11.9 Å². The quantitative estimate of drug-likeness (QED) is 0.440. The Morgan fingerprint density at radius 3 is 2.67 bits per heavy atom. The number of carbonyl (C=O) groups is 3. The molecule has 0 spiro atoms. The number of methoxy groups -OCH3 is 1. The van der Waals surface area contributed by atoms with E-state index >= 15 is 0 Å². The Morgan fingerprint density at radius 2 is 1.94 bits per heavy atom.